The molecule has 2 aromatic carbocycles. The molecule has 0 N–H and O–H groups in total. The lowest BCUT2D eigenvalue weighted by Crippen LogP contribution is -2.61. The van der Waals surface area contributed by atoms with Gasteiger partial charge in [-0.25, -0.2) is 4.39 Å². The zero-order valence-corrected chi connectivity index (χ0v) is 16.7. The normalized spacial score (nSPS) is 19.5. The largest absolute Gasteiger partial charge is 0.340 e. The quantitative estimate of drug-likeness (QED) is 0.774. The Morgan fingerprint density at radius 1 is 1.00 bits per heavy atom. The molecule has 2 saturated heterocycles. The van der Waals surface area contributed by atoms with Gasteiger partial charge in [0.15, 0.2) is 0 Å². The van der Waals surface area contributed by atoms with Crippen molar-refractivity contribution in [1.82, 2.24) is 14.7 Å². The lowest BCUT2D eigenvalue weighted by Gasteiger charge is -2.40. The van der Waals surface area contributed by atoms with Gasteiger partial charge >= 0.3 is 0 Å². The van der Waals surface area contributed by atoms with Crippen molar-refractivity contribution in [3.8, 4) is 0 Å². The Bertz CT molecular complexity index is 950. The molecule has 0 aromatic heterocycles. The number of hydrogen-bond donors (Lipinski definition) is 0. The Balaban J connectivity index is 1.49. The van der Waals surface area contributed by atoms with E-state index in [9.17, 15) is 18.8 Å². The van der Waals surface area contributed by atoms with Crippen LogP contribution < -0.4 is 0 Å². The van der Waals surface area contributed by atoms with Crippen molar-refractivity contribution < 1.29 is 18.8 Å². The molecule has 2 aliphatic heterocycles. The van der Waals surface area contributed by atoms with Crippen LogP contribution in [0.3, 0.4) is 0 Å². The first-order valence-corrected chi connectivity index (χ1v) is 10.2. The van der Waals surface area contributed by atoms with Crippen LogP contribution in [-0.2, 0) is 27.3 Å². The summed E-state index contributed by atoms with van der Waals surface area (Å²) in [6, 6.07) is 15.0. The number of amides is 3. The zero-order chi connectivity index (χ0) is 21.1. The molecule has 2 heterocycles. The molecule has 0 bridgehead atoms. The topological polar surface area (TPSA) is 60.9 Å². The highest BCUT2D eigenvalue weighted by Crippen LogP contribution is 2.21. The van der Waals surface area contributed by atoms with Crippen LogP contribution in [-0.4, -0.2) is 64.6 Å². The zero-order valence-electron chi connectivity index (χ0n) is 16.7. The highest BCUT2D eigenvalue weighted by molar-refractivity contribution is 5.95. The van der Waals surface area contributed by atoms with E-state index in [0.717, 1.165) is 5.56 Å². The number of rotatable bonds is 4. The van der Waals surface area contributed by atoms with E-state index >= 15 is 0 Å². The summed E-state index contributed by atoms with van der Waals surface area (Å²) in [5, 5.41) is 0. The van der Waals surface area contributed by atoms with E-state index in [-0.39, 0.29) is 37.2 Å². The number of nitrogens with zero attached hydrogens (tertiary/aromatic N) is 3. The smallest absolute Gasteiger partial charge is 0.247 e. The minimum Gasteiger partial charge on any atom is -0.340 e. The molecule has 30 heavy (non-hydrogen) atoms. The maximum absolute atomic E-state index is 14.0. The number of halogens is 1. The second-order valence-electron chi connectivity index (χ2n) is 7.74. The first-order chi connectivity index (χ1) is 14.5. The Labute approximate surface area is 174 Å². The third-order valence-corrected chi connectivity index (χ3v) is 5.71. The van der Waals surface area contributed by atoms with Gasteiger partial charge in [0.1, 0.15) is 18.4 Å². The number of fused-ring (bicyclic) bond motifs is 1. The molecule has 2 aromatic rings. The fourth-order valence-electron chi connectivity index (χ4n) is 4.12. The summed E-state index contributed by atoms with van der Waals surface area (Å²) in [5.74, 6) is -0.898. The van der Waals surface area contributed by atoms with Crippen LogP contribution in [0.2, 0.25) is 0 Å². The van der Waals surface area contributed by atoms with E-state index in [1.54, 1.807) is 32.9 Å². The first kappa shape index (κ1) is 20.1. The van der Waals surface area contributed by atoms with Gasteiger partial charge in [0.2, 0.25) is 17.7 Å². The van der Waals surface area contributed by atoms with Gasteiger partial charge in [-0.05, 0) is 23.6 Å². The van der Waals surface area contributed by atoms with Gasteiger partial charge in [-0.1, -0.05) is 48.5 Å². The molecule has 2 fully saturated rings. The van der Waals surface area contributed by atoms with E-state index in [1.807, 2.05) is 30.3 Å². The van der Waals surface area contributed by atoms with Crippen LogP contribution in [0.15, 0.2) is 54.6 Å². The monoisotopic (exact) mass is 409 g/mol. The molecule has 0 saturated carbocycles. The first-order valence-electron chi connectivity index (χ1n) is 10.2. The summed E-state index contributed by atoms with van der Waals surface area (Å²) < 4.78 is 14.0. The highest BCUT2D eigenvalue weighted by Gasteiger charge is 2.42. The van der Waals surface area contributed by atoms with Gasteiger partial charge in [-0.2, -0.15) is 0 Å². The van der Waals surface area contributed by atoms with Crippen molar-refractivity contribution in [2.24, 2.45) is 0 Å². The van der Waals surface area contributed by atoms with Crippen LogP contribution in [0.25, 0.3) is 0 Å². The molecule has 2 aliphatic rings. The molecule has 1 unspecified atom stereocenters. The van der Waals surface area contributed by atoms with Crippen LogP contribution >= 0.6 is 0 Å². The van der Waals surface area contributed by atoms with E-state index < -0.39 is 11.9 Å². The molecular weight excluding hydrogens is 385 g/mol. The second-order valence-corrected chi connectivity index (χ2v) is 7.74. The maximum Gasteiger partial charge on any atom is 0.247 e. The van der Waals surface area contributed by atoms with Crippen molar-refractivity contribution in [3.63, 3.8) is 0 Å². The van der Waals surface area contributed by atoms with Crippen molar-refractivity contribution >= 4 is 17.7 Å². The average Bonchev–Trinajstić information content (AvgIpc) is 2.98. The number of piperazine rings is 1. The predicted octanol–water partition coefficient (Wildman–Crippen LogP) is 1.84. The molecule has 156 valence electrons. The molecule has 4 rings (SSSR count). The summed E-state index contributed by atoms with van der Waals surface area (Å²) >= 11 is 0. The third-order valence-electron chi connectivity index (χ3n) is 5.71. The van der Waals surface area contributed by atoms with E-state index in [2.05, 4.69) is 0 Å². The van der Waals surface area contributed by atoms with Gasteiger partial charge in [0.05, 0.1) is 13.0 Å². The van der Waals surface area contributed by atoms with Crippen LogP contribution in [0.4, 0.5) is 4.39 Å². The maximum atomic E-state index is 14.0. The Morgan fingerprint density at radius 2 is 1.73 bits per heavy atom. The van der Waals surface area contributed by atoms with Crippen LogP contribution in [0.1, 0.15) is 17.5 Å². The standard InChI is InChI=1S/C23H24FN3O3/c24-19-10-5-4-9-18(19)13-21(28)25-11-6-12-27-20(15-25)23(30)26(16-22(27)29)14-17-7-2-1-3-8-17/h1-5,7-10,20H,6,11-16H2. The van der Waals surface area contributed by atoms with Gasteiger partial charge < -0.3 is 14.7 Å². The summed E-state index contributed by atoms with van der Waals surface area (Å²) in [6.45, 7) is 1.44. The van der Waals surface area contributed by atoms with Crippen molar-refractivity contribution in [2.45, 2.75) is 25.4 Å². The molecule has 1 atom stereocenters. The molecule has 6 nitrogen and oxygen atoms in total. The van der Waals surface area contributed by atoms with Crippen molar-refractivity contribution in [2.75, 3.05) is 26.2 Å². The summed E-state index contributed by atoms with van der Waals surface area (Å²) in [7, 11) is 0. The third kappa shape index (κ3) is 4.20. The summed E-state index contributed by atoms with van der Waals surface area (Å²) in [4.78, 5) is 43.5. The van der Waals surface area contributed by atoms with E-state index in [0.29, 0.717) is 31.6 Å². The Hall–Kier alpha value is -3.22. The highest BCUT2D eigenvalue weighted by atomic mass is 19.1. The van der Waals surface area contributed by atoms with E-state index in [4.69, 9.17) is 0 Å². The Kier molecular flexibility index (Phi) is 5.79. The second kappa shape index (κ2) is 8.65. The van der Waals surface area contributed by atoms with Gasteiger partial charge in [-0.3, -0.25) is 14.4 Å². The van der Waals surface area contributed by atoms with Gasteiger partial charge in [0, 0.05) is 19.6 Å². The predicted molar refractivity (Wildman–Crippen MR) is 109 cm³/mol. The Morgan fingerprint density at radius 3 is 2.50 bits per heavy atom. The summed E-state index contributed by atoms with van der Waals surface area (Å²) in [6.07, 6.45) is 0.534. The molecule has 0 aliphatic carbocycles. The molecule has 3 amide bonds. The fraction of sp³-hybridized carbons (Fsp3) is 0.348. The van der Waals surface area contributed by atoms with Gasteiger partial charge in [-0.15, -0.1) is 0 Å². The van der Waals surface area contributed by atoms with Gasteiger partial charge in [0.25, 0.3) is 0 Å². The number of benzene rings is 2. The summed E-state index contributed by atoms with van der Waals surface area (Å²) in [5.41, 5.74) is 1.29. The molecular formula is C23H24FN3O3. The fourth-order valence-corrected chi connectivity index (χ4v) is 4.12. The number of carbonyl (C=O) groups excluding carboxylic acids is 3. The lowest BCUT2D eigenvalue weighted by atomic mass is 10.1. The number of hydrogen-bond acceptors (Lipinski definition) is 3. The molecule has 7 heteroatoms. The molecule has 0 radical (unpaired) electrons. The van der Waals surface area contributed by atoms with Crippen LogP contribution in [0, 0.1) is 5.82 Å². The van der Waals surface area contributed by atoms with Crippen molar-refractivity contribution in [1.29, 1.82) is 0 Å². The van der Waals surface area contributed by atoms with Crippen molar-refractivity contribution in [3.05, 3.63) is 71.5 Å². The SMILES string of the molecule is O=C(Cc1ccccc1F)N1CCCN2C(=O)CN(Cc3ccccc3)C(=O)C2C1. The minimum atomic E-state index is -0.693. The number of carbonyl (C=O) groups is 3. The lowest BCUT2D eigenvalue weighted by molar-refractivity contribution is -0.157. The average molecular weight is 409 g/mol. The van der Waals surface area contributed by atoms with E-state index in [1.165, 1.54) is 6.07 Å². The minimum absolute atomic E-state index is 0.0490. The van der Waals surface area contributed by atoms with Crippen LogP contribution in [0.5, 0.6) is 0 Å². The molecule has 0 spiro atoms.